The Bertz CT molecular complexity index is 256. The van der Waals surface area contributed by atoms with Crippen LogP contribution in [-0.4, -0.2) is 57.0 Å². The number of nitrogens with one attached hydrogen (secondary N) is 1. The first-order valence-corrected chi connectivity index (χ1v) is 6.65. The smallest absolute Gasteiger partial charge is 0.152 e. The van der Waals surface area contributed by atoms with Crippen LogP contribution in [0.5, 0.6) is 0 Å². The van der Waals surface area contributed by atoms with Crippen LogP contribution in [0.2, 0.25) is 0 Å². The Balaban J connectivity index is 1.90. The molecule has 2 rings (SSSR count). The van der Waals surface area contributed by atoms with Crippen molar-refractivity contribution in [3.05, 3.63) is 0 Å². The first-order valence-electron chi connectivity index (χ1n) is 4.82. The predicted octanol–water partition coefficient (Wildman–Crippen LogP) is -0.921. The Hall–Kier alpha value is -0.130. The lowest BCUT2D eigenvalue weighted by molar-refractivity contribution is 0.225. The lowest BCUT2D eigenvalue weighted by atomic mass is 10.2. The maximum Gasteiger partial charge on any atom is 0.152 e. The van der Waals surface area contributed by atoms with E-state index >= 15 is 0 Å². The number of rotatable bonds is 1. The molecular weight excluding hydrogens is 188 g/mol. The molecule has 76 valence electrons. The van der Waals surface area contributed by atoms with E-state index in [1.165, 1.54) is 6.42 Å². The van der Waals surface area contributed by atoms with E-state index in [2.05, 4.69) is 10.2 Å². The van der Waals surface area contributed by atoms with E-state index in [9.17, 15) is 8.42 Å². The van der Waals surface area contributed by atoms with E-state index < -0.39 is 9.84 Å². The van der Waals surface area contributed by atoms with Crippen LogP contribution in [0.15, 0.2) is 0 Å². The van der Waals surface area contributed by atoms with Gasteiger partial charge in [0.05, 0.1) is 11.5 Å². The van der Waals surface area contributed by atoms with Gasteiger partial charge in [-0.05, 0) is 13.0 Å². The molecule has 2 heterocycles. The largest absolute Gasteiger partial charge is 0.315 e. The molecule has 0 amide bonds. The second-order valence-electron chi connectivity index (χ2n) is 3.83. The van der Waals surface area contributed by atoms with Gasteiger partial charge in [0.15, 0.2) is 9.84 Å². The quantitative estimate of drug-likeness (QED) is 0.600. The topological polar surface area (TPSA) is 49.4 Å². The number of nitrogens with zero attached hydrogens (tertiary/aromatic N) is 1. The zero-order valence-corrected chi connectivity index (χ0v) is 8.52. The summed E-state index contributed by atoms with van der Waals surface area (Å²) in [4.78, 5) is 2.31. The van der Waals surface area contributed by atoms with Crippen molar-refractivity contribution in [3.8, 4) is 0 Å². The van der Waals surface area contributed by atoms with Gasteiger partial charge in [0.1, 0.15) is 0 Å². The van der Waals surface area contributed by atoms with Gasteiger partial charge in [0, 0.05) is 25.7 Å². The highest BCUT2D eigenvalue weighted by Gasteiger charge is 2.28. The van der Waals surface area contributed by atoms with E-state index in [1.807, 2.05) is 0 Å². The third-order valence-electron chi connectivity index (χ3n) is 2.93. The van der Waals surface area contributed by atoms with Crippen molar-refractivity contribution in [1.82, 2.24) is 10.2 Å². The molecule has 0 aromatic heterocycles. The van der Waals surface area contributed by atoms with E-state index in [0.717, 1.165) is 26.2 Å². The molecule has 0 bridgehead atoms. The number of hydrogen-bond donors (Lipinski definition) is 1. The second-order valence-corrected chi connectivity index (χ2v) is 6.14. The van der Waals surface area contributed by atoms with Crippen molar-refractivity contribution in [2.75, 3.05) is 37.7 Å². The summed E-state index contributed by atoms with van der Waals surface area (Å²) in [6.07, 6.45) is 1.17. The van der Waals surface area contributed by atoms with Gasteiger partial charge in [-0.3, -0.25) is 4.90 Å². The summed E-state index contributed by atoms with van der Waals surface area (Å²) < 4.78 is 22.3. The van der Waals surface area contributed by atoms with E-state index in [-0.39, 0.29) is 0 Å². The highest BCUT2D eigenvalue weighted by atomic mass is 32.2. The van der Waals surface area contributed by atoms with Gasteiger partial charge < -0.3 is 5.32 Å². The molecule has 0 aliphatic carbocycles. The molecule has 2 saturated heterocycles. The van der Waals surface area contributed by atoms with Gasteiger partial charge in [-0.1, -0.05) is 0 Å². The van der Waals surface area contributed by atoms with E-state index in [4.69, 9.17) is 0 Å². The molecule has 1 atom stereocenters. The molecule has 2 fully saturated rings. The van der Waals surface area contributed by atoms with Crippen LogP contribution in [-0.2, 0) is 9.84 Å². The molecule has 5 heteroatoms. The summed E-state index contributed by atoms with van der Waals surface area (Å²) >= 11 is 0. The Labute approximate surface area is 79.2 Å². The van der Waals surface area contributed by atoms with Crippen LogP contribution in [0.1, 0.15) is 6.42 Å². The molecule has 0 aromatic carbocycles. The van der Waals surface area contributed by atoms with Gasteiger partial charge in [-0.15, -0.1) is 0 Å². The van der Waals surface area contributed by atoms with Crippen molar-refractivity contribution in [1.29, 1.82) is 0 Å². The van der Waals surface area contributed by atoms with Crippen LogP contribution in [0.4, 0.5) is 0 Å². The predicted molar refractivity (Wildman–Crippen MR) is 51.5 cm³/mol. The van der Waals surface area contributed by atoms with Crippen molar-refractivity contribution >= 4 is 9.84 Å². The van der Waals surface area contributed by atoms with Gasteiger partial charge in [-0.25, -0.2) is 8.42 Å². The highest BCUT2D eigenvalue weighted by Crippen LogP contribution is 2.12. The van der Waals surface area contributed by atoms with E-state index in [1.54, 1.807) is 0 Å². The van der Waals surface area contributed by atoms with Crippen LogP contribution in [0.3, 0.4) is 0 Å². The maximum absolute atomic E-state index is 11.2. The Morgan fingerprint density at radius 1 is 1.23 bits per heavy atom. The zero-order valence-electron chi connectivity index (χ0n) is 7.70. The molecule has 13 heavy (non-hydrogen) atoms. The summed E-state index contributed by atoms with van der Waals surface area (Å²) in [7, 11) is -2.71. The van der Waals surface area contributed by atoms with Gasteiger partial charge in [0.25, 0.3) is 0 Å². The lowest BCUT2D eigenvalue weighted by Gasteiger charge is -2.31. The van der Waals surface area contributed by atoms with Gasteiger partial charge in [0.2, 0.25) is 0 Å². The van der Waals surface area contributed by atoms with Crippen molar-refractivity contribution in [2.45, 2.75) is 12.5 Å². The first-order chi connectivity index (χ1) is 6.17. The fourth-order valence-corrected chi connectivity index (χ4v) is 3.27. The molecule has 1 N–H and O–H groups in total. The molecule has 0 aromatic rings. The Kier molecular flexibility index (Phi) is 2.58. The van der Waals surface area contributed by atoms with E-state index in [0.29, 0.717) is 17.5 Å². The van der Waals surface area contributed by atoms with Gasteiger partial charge in [-0.2, -0.15) is 0 Å². The first kappa shape index (κ1) is 9.43. The van der Waals surface area contributed by atoms with Crippen LogP contribution in [0.25, 0.3) is 0 Å². The molecule has 0 unspecified atom stereocenters. The molecule has 4 nitrogen and oxygen atoms in total. The third kappa shape index (κ3) is 2.21. The minimum atomic E-state index is -2.71. The monoisotopic (exact) mass is 204 g/mol. The van der Waals surface area contributed by atoms with Crippen molar-refractivity contribution in [3.63, 3.8) is 0 Å². The third-order valence-corrected chi connectivity index (χ3v) is 4.54. The van der Waals surface area contributed by atoms with Crippen LogP contribution >= 0.6 is 0 Å². The zero-order chi connectivity index (χ0) is 9.31. The average Bonchev–Trinajstić information content (AvgIpc) is 2.56. The number of sulfone groups is 1. The molecule has 2 aliphatic rings. The van der Waals surface area contributed by atoms with Crippen molar-refractivity contribution in [2.24, 2.45) is 0 Å². The average molecular weight is 204 g/mol. The number of hydrogen-bond acceptors (Lipinski definition) is 4. The summed E-state index contributed by atoms with van der Waals surface area (Å²) in [5.74, 6) is 0.701. The standard InChI is InChI=1S/C8H16N2O2S/c11-13(12)5-3-10(4-6-13)8-1-2-9-7-8/h8-9H,1-7H2/t8-/m0/s1. The fraction of sp³-hybridized carbons (Fsp3) is 1.00. The van der Waals surface area contributed by atoms with Crippen LogP contribution < -0.4 is 5.32 Å². The summed E-state index contributed by atoms with van der Waals surface area (Å²) in [6.45, 7) is 3.57. The summed E-state index contributed by atoms with van der Waals surface area (Å²) in [6, 6.07) is 0.579. The van der Waals surface area contributed by atoms with Crippen LogP contribution in [0, 0.1) is 0 Å². The molecular formula is C8H16N2O2S. The lowest BCUT2D eigenvalue weighted by Crippen LogP contribution is -2.46. The van der Waals surface area contributed by atoms with Gasteiger partial charge >= 0.3 is 0 Å². The molecule has 2 aliphatic heterocycles. The van der Waals surface area contributed by atoms with Crippen molar-refractivity contribution < 1.29 is 8.42 Å². The minimum Gasteiger partial charge on any atom is -0.315 e. The normalized spacial score (nSPS) is 34.9. The highest BCUT2D eigenvalue weighted by molar-refractivity contribution is 7.91. The SMILES string of the molecule is O=S1(=O)CCN([C@H]2CCNC2)CC1. The molecule has 0 saturated carbocycles. The maximum atomic E-state index is 11.2. The second kappa shape index (κ2) is 3.55. The summed E-state index contributed by atoms with van der Waals surface area (Å²) in [5, 5.41) is 3.30. The summed E-state index contributed by atoms with van der Waals surface area (Å²) in [5.41, 5.74) is 0. The Morgan fingerprint density at radius 3 is 2.46 bits per heavy atom. The minimum absolute atomic E-state index is 0.351. The molecule has 0 spiro atoms. The fourth-order valence-electron chi connectivity index (χ4n) is 2.04. The Morgan fingerprint density at radius 2 is 1.92 bits per heavy atom. The molecule has 0 radical (unpaired) electrons.